The normalized spacial score (nSPS) is 10.9. The summed E-state index contributed by atoms with van der Waals surface area (Å²) in [6.07, 6.45) is 2.09. The Bertz CT molecular complexity index is 491. The molecule has 0 atom stereocenters. The maximum Gasteiger partial charge on any atom is 0.132 e. The number of aryl methyl sites for hydroxylation is 2. The van der Waals surface area contributed by atoms with Gasteiger partial charge in [0.15, 0.2) is 0 Å². The first kappa shape index (κ1) is 10.4. The smallest absolute Gasteiger partial charge is 0.132 e. The lowest BCUT2D eigenvalue weighted by atomic mass is 10.1. The molecule has 2 aromatic rings. The molecule has 0 unspecified atom stereocenters. The third-order valence-electron chi connectivity index (χ3n) is 2.59. The van der Waals surface area contributed by atoms with E-state index in [4.69, 9.17) is 11.6 Å². The molecular formula is C13H14ClN. The van der Waals surface area contributed by atoms with Crippen molar-refractivity contribution in [3.05, 3.63) is 40.5 Å². The van der Waals surface area contributed by atoms with Crippen molar-refractivity contribution in [1.29, 1.82) is 0 Å². The summed E-state index contributed by atoms with van der Waals surface area (Å²) < 4.78 is 0. The lowest BCUT2D eigenvalue weighted by Gasteiger charge is -2.06. The standard InChI is InChI=1S/C13H14ClN/c1-3-5-11-8-10-7-4-6-9(2)12(10)15-13(11)14/h4,6-8H,3,5H2,1-2H3. The molecule has 0 N–H and O–H groups in total. The van der Waals surface area contributed by atoms with Crippen LogP contribution in [-0.2, 0) is 6.42 Å². The number of benzene rings is 1. The molecule has 0 bridgehead atoms. The Hall–Kier alpha value is -1.08. The van der Waals surface area contributed by atoms with Crippen LogP contribution < -0.4 is 0 Å². The summed E-state index contributed by atoms with van der Waals surface area (Å²) in [5, 5.41) is 1.83. The molecule has 0 amide bonds. The summed E-state index contributed by atoms with van der Waals surface area (Å²) in [7, 11) is 0. The minimum atomic E-state index is 0.652. The molecule has 78 valence electrons. The average Bonchev–Trinajstić information content (AvgIpc) is 2.21. The summed E-state index contributed by atoms with van der Waals surface area (Å²) in [6, 6.07) is 8.36. The third-order valence-corrected chi connectivity index (χ3v) is 2.92. The molecule has 2 rings (SSSR count). The van der Waals surface area contributed by atoms with E-state index in [1.165, 1.54) is 10.9 Å². The second-order valence-electron chi connectivity index (χ2n) is 3.83. The first-order valence-corrected chi connectivity index (χ1v) is 5.65. The molecular weight excluding hydrogens is 206 g/mol. The van der Waals surface area contributed by atoms with Gasteiger partial charge in [-0.1, -0.05) is 43.1 Å². The fourth-order valence-electron chi connectivity index (χ4n) is 1.81. The van der Waals surface area contributed by atoms with E-state index < -0.39 is 0 Å². The number of rotatable bonds is 2. The van der Waals surface area contributed by atoms with Gasteiger partial charge in [-0.3, -0.25) is 0 Å². The van der Waals surface area contributed by atoms with Crippen LogP contribution in [0.15, 0.2) is 24.3 Å². The van der Waals surface area contributed by atoms with Crippen LogP contribution >= 0.6 is 11.6 Å². The predicted octanol–water partition coefficient (Wildman–Crippen LogP) is 4.15. The highest BCUT2D eigenvalue weighted by Crippen LogP contribution is 2.23. The van der Waals surface area contributed by atoms with Crippen LogP contribution in [0.25, 0.3) is 10.9 Å². The number of para-hydroxylation sites is 1. The van der Waals surface area contributed by atoms with Gasteiger partial charge in [0.25, 0.3) is 0 Å². The predicted molar refractivity (Wildman–Crippen MR) is 65.5 cm³/mol. The Labute approximate surface area is 95.1 Å². The zero-order valence-electron chi connectivity index (χ0n) is 9.05. The van der Waals surface area contributed by atoms with Gasteiger partial charge in [0.2, 0.25) is 0 Å². The first-order valence-electron chi connectivity index (χ1n) is 5.27. The van der Waals surface area contributed by atoms with Gasteiger partial charge in [-0.25, -0.2) is 4.98 Å². The van der Waals surface area contributed by atoms with Crippen LogP contribution in [0.4, 0.5) is 0 Å². The Morgan fingerprint density at radius 2 is 2.13 bits per heavy atom. The van der Waals surface area contributed by atoms with E-state index >= 15 is 0 Å². The number of hydrogen-bond donors (Lipinski definition) is 0. The van der Waals surface area contributed by atoms with Crippen LogP contribution in [0, 0.1) is 6.92 Å². The monoisotopic (exact) mass is 219 g/mol. The van der Waals surface area contributed by atoms with Gasteiger partial charge < -0.3 is 0 Å². The Balaban J connectivity index is 2.65. The molecule has 1 aromatic heterocycles. The van der Waals surface area contributed by atoms with E-state index in [-0.39, 0.29) is 0 Å². The van der Waals surface area contributed by atoms with Crippen LogP contribution in [-0.4, -0.2) is 4.98 Å². The zero-order valence-corrected chi connectivity index (χ0v) is 9.80. The maximum absolute atomic E-state index is 6.14. The van der Waals surface area contributed by atoms with E-state index in [1.807, 2.05) is 0 Å². The lowest BCUT2D eigenvalue weighted by molar-refractivity contribution is 0.917. The number of halogens is 1. The van der Waals surface area contributed by atoms with Gasteiger partial charge in [0.1, 0.15) is 5.15 Å². The topological polar surface area (TPSA) is 12.9 Å². The number of hydrogen-bond acceptors (Lipinski definition) is 1. The highest BCUT2D eigenvalue weighted by Gasteiger charge is 2.05. The van der Waals surface area contributed by atoms with Crippen molar-refractivity contribution in [2.75, 3.05) is 0 Å². The second-order valence-corrected chi connectivity index (χ2v) is 4.19. The van der Waals surface area contributed by atoms with E-state index in [1.54, 1.807) is 0 Å². The summed E-state index contributed by atoms with van der Waals surface area (Å²) in [4.78, 5) is 4.46. The van der Waals surface area contributed by atoms with E-state index in [0.717, 1.165) is 23.9 Å². The van der Waals surface area contributed by atoms with Crippen molar-refractivity contribution in [1.82, 2.24) is 4.98 Å². The molecule has 0 aliphatic carbocycles. The van der Waals surface area contributed by atoms with E-state index in [2.05, 4.69) is 43.1 Å². The molecule has 0 radical (unpaired) electrons. The van der Waals surface area contributed by atoms with E-state index in [0.29, 0.717) is 5.15 Å². The van der Waals surface area contributed by atoms with Gasteiger partial charge in [0, 0.05) is 5.39 Å². The van der Waals surface area contributed by atoms with Crippen LogP contribution in [0.2, 0.25) is 5.15 Å². The highest BCUT2D eigenvalue weighted by molar-refractivity contribution is 6.30. The minimum Gasteiger partial charge on any atom is -0.236 e. The summed E-state index contributed by atoms with van der Waals surface area (Å²) in [6.45, 7) is 4.21. The van der Waals surface area contributed by atoms with Crippen LogP contribution in [0.5, 0.6) is 0 Å². The van der Waals surface area contributed by atoms with E-state index in [9.17, 15) is 0 Å². The Morgan fingerprint density at radius 3 is 2.87 bits per heavy atom. The van der Waals surface area contributed by atoms with Crippen molar-refractivity contribution in [3.63, 3.8) is 0 Å². The van der Waals surface area contributed by atoms with Gasteiger partial charge >= 0.3 is 0 Å². The van der Waals surface area contributed by atoms with Crippen LogP contribution in [0.3, 0.4) is 0 Å². The number of pyridine rings is 1. The lowest BCUT2D eigenvalue weighted by Crippen LogP contribution is -1.91. The van der Waals surface area contributed by atoms with Crippen molar-refractivity contribution < 1.29 is 0 Å². The zero-order chi connectivity index (χ0) is 10.8. The van der Waals surface area contributed by atoms with Crippen molar-refractivity contribution in [2.45, 2.75) is 26.7 Å². The molecule has 0 aliphatic rings. The van der Waals surface area contributed by atoms with Crippen molar-refractivity contribution in [3.8, 4) is 0 Å². The number of fused-ring (bicyclic) bond motifs is 1. The summed E-state index contributed by atoms with van der Waals surface area (Å²) in [5.74, 6) is 0. The largest absolute Gasteiger partial charge is 0.236 e. The average molecular weight is 220 g/mol. The molecule has 1 nitrogen and oxygen atoms in total. The minimum absolute atomic E-state index is 0.652. The molecule has 0 spiro atoms. The molecule has 1 heterocycles. The molecule has 2 heteroatoms. The molecule has 0 saturated heterocycles. The fourth-order valence-corrected chi connectivity index (χ4v) is 2.05. The van der Waals surface area contributed by atoms with Gasteiger partial charge in [-0.2, -0.15) is 0 Å². The SMILES string of the molecule is CCCc1cc2cccc(C)c2nc1Cl. The van der Waals surface area contributed by atoms with Gasteiger partial charge in [-0.05, 0) is 30.5 Å². The maximum atomic E-state index is 6.14. The van der Waals surface area contributed by atoms with Gasteiger partial charge in [0.05, 0.1) is 5.52 Å². The van der Waals surface area contributed by atoms with Crippen LogP contribution in [0.1, 0.15) is 24.5 Å². The second kappa shape index (κ2) is 4.19. The quantitative estimate of drug-likeness (QED) is 0.692. The molecule has 0 saturated carbocycles. The third kappa shape index (κ3) is 1.98. The molecule has 0 fully saturated rings. The number of nitrogens with zero attached hydrogens (tertiary/aromatic N) is 1. The Kier molecular flexibility index (Phi) is 2.92. The summed E-state index contributed by atoms with van der Waals surface area (Å²) in [5.41, 5.74) is 3.34. The molecule has 0 aliphatic heterocycles. The molecule has 15 heavy (non-hydrogen) atoms. The fraction of sp³-hybridized carbons (Fsp3) is 0.308. The highest BCUT2D eigenvalue weighted by atomic mass is 35.5. The number of aromatic nitrogens is 1. The van der Waals surface area contributed by atoms with Crippen molar-refractivity contribution >= 4 is 22.5 Å². The first-order chi connectivity index (χ1) is 7.22. The van der Waals surface area contributed by atoms with Crippen molar-refractivity contribution in [2.24, 2.45) is 0 Å². The molecule has 1 aromatic carbocycles. The summed E-state index contributed by atoms with van der Waals surface area (Å²) >= 11 is 6.14. The van der Waals surface area contributed by atoms with Gasteiger partial charge in [-0.15, -0.1) is 0 Å². The Morgan fingerprint density at radius 1 is 1.33 bits per heavy atom.